The van der Waals surface area contributed by atoms with E-state index < -0.39 is 11.6 Å². The second-order valence-corrected chi connectivity index (χ2v) is 5.37. The van der Waals surface area contributed by atoms with Crippen LogP contribution < -0.4 is 4.90 Å². The zero-order valence-corrected chi connectivity index (χ0v) is 11.8. The van der Waals surface area contributed by atoms with Gasteiger partial charge in [-0.3, -0.25) is 9.69 Å². The lowest BCUT2D eigenvalue weighted by Gasteiger charge is -2.32. The van der Waals surface area contributed by atoms with Crippen LogP contribution in [0.2, 0.25) is 0 Å². The third-order valence-corrected chi connectivity index (χ3v) is 2.64. The molecule has 0 bridgehead atoms. The fourth-order valence-corrected chi connectivity index (χ4v) is 1.78. The molecule has 5 nitrogen and oxygen atoms in total. The zero-order chi connectivity index (χ0) is 14.6. The van der Waals surface area contributed by atoms with Crippen molar-refractivity contribution in [1.82, 2.24) is 4.98 Å². The highest BCUT2D eigenvalue weighted by molar-refractivity contribution is 5.96. The van der Waals surface area contributed by atoms with Crippen molar-refractivity contribution in [1.29, 1.82) is 0 Å². The lowest BCUT2D eigenvalue weighted by molar-refractivity contribution is 0.0981. The highest BCUT2D eigenvalue weighted by Crippen LogP contribution is 2.22. The quantitative estimate of drug-likeness (QED) is 0.846. The largest absolute Gasteiger partial charge is 0.465 e. The van der Waals surface area contributed by atoms with E-state index in [0.717, 1.165) is 6.42 Å². The van der Waals surface area contributed by atoms with Crippen molar-refractivity contribution < 1.29 is 14.7 Å². The maximum absolute atomic E-state index is 11.7. The van der Waals surface area contributed by atoms with Crippen LogP contribution in [0.25, 0.3) is 0 Å². The minimum Gasteiger partial charge on any atom is -0.465 e. The van der Waals surface area contributed by atoms with Crippen LogP contribution in [-0.4, -0.2) is 27.5 Å². The van der Waals surface area contributed by atoms with Crippen LogP contribution in [-0.2, 0) is 0 Å². The molecule has 0 aliphatic heterocycles. The first-order chi connectivity index (χ1) is 8.77. The van der Waals surface area contributed by atoms with Gasteiger partial charge in [0, 0.05) is 23.7 Å². The fourth-order valence-electron chi connectivity index (χ4n) is 1.78. The Hall–Kier alpha value is -1.91. The van der Waals surface area contributed by atoms with Crippen molar-refractivity contribution in [3.63, 3.8) is 0 Å². The van der Waals surface area contributed by atoms with Gasteiger partial charge in [-0.15, -0.1) is 0 Å². The average molecular weight is 264 g/mol. The van der Waals surface area contributed by atoms with E-state index in [1.807, 2.05) is 6.92 Å². The van der Waals surface area contributed by atoms with Crippen molar-refractivity contribution in [2.24, 2.45) is 0 Å². The molecule has 1 N–H and O–H groups in total. The van der Waals surface area contributed by atoms with Crippen molar-refractivity contribution in [2.45, 2.75) is 46.1 Å². The lowest BCUT2D eigenvalue weighted by Crippen LogP contribution is -2.45. The molecule has 0 radical (unpaired) electrons. The normalized spacial score (nSPS) is 11.2. The van der Waals surface area contributed by atoms with Gasteiger partial charge in [0.1, 0.15) is 5.82 Å². The van der Waals surface area contributed by atoms with E-state index in [4.69, 9.17) is 0 Å². The summed E-state index contributed by atoms with van der Waals surface area (Å²) in [4.78, 5) is 28.2. The summed E-state index contributed by atoms with van der Waals surface area (Å²) >= 11 is 0. The highest BCUT2D eigenvalue weighted by atomic mass is 16.4. The summed E-state index contributed by atoms with van der Waals surface area (Å²) in [7, 11) is 0. The maximum Gasteiger partial charge on any atom is 0.413 e. The Morgan fingerprint density at radius 2 is 1.95 bits per heavy atom. The second-order valence-electron chi connectivity index (χ2n) is 5.37. The number of pyridine rings is 1. The topological polar surface area (TPSA) is 70.5 Å². The molecular weight excluding hydrogens is 244 g/mol. The number of ketones is 1. The molecule has 1 aromatic rings. The van der Waals surface area contributed by atoms with Gasteiger partial charge in [0.05, 0.1) is 0 Å². The van der Waals surface area contributed by atoms with Gasteiger partial charge in [-0.1, -0.05) is 6.92 Å². The Morgan fingerprint density at radius 1 is 1.32 bits per heavy atom. The smallest absolute Gasteiger partial charge is 0.413 e. The molecule has 0 atom stereocenters. The number of hydrogen-bond acceptors (Lipinski definition) is 3. The fraction of sp³-hybridized carbons (Fsp3) is 0.500. The van der Waals surface area contributed by atoms with E-state index in [1.165, 1.54) is 11.1 Å². The predicted molar refractivity (Wildman–Crippen MR) is 73.7 cm³/mol. The van der Waals surface area contributed by atoms with Gasteiger partial charge in [0.25, 0.3) is 0 Å². The van der Waals surface area contributed by atoms with Crippen molar-refractivity contribution >= 4 is 17.7 Å². The van der Waals surface area contributed by atoms with Gasteiger partial charge >= 0.3 is 6.09 Å². The number of aromatic nitrogens is 1. The Morgan fingerprint density at radius 3 is 2.32 bits per heavy atom. The third kappa shape index (κ3) is 3.77. The molecule has 1 heterocycles. The van der Waals surface area contributed by atoms with Crippen LogP contribution in [0.4, 0.5) is 10.6 Å². The number of carboxylic acid groups (broad SMARTS) is 1. The van der Waals surface area contributed by atoms with Crippen molar-refractivity contribution in [2.75, 3.05) is 4.90 Å². The van der Waals surface area contributed by atoms with Crippen molar-refractivity contribution in [3.05, 3.63) is 23.9 Å². The molecule has 0 saturated carbocycles. The number of hydrogen-bond donors (Lipinski definition) is 1. The summed E-state index contributed by atoms with van der Waals surface area (Å²) in [5.41, 5.74) is -0.0711. The van der Waals surface area contributed by atoms with Gasteiger partial charge in [-0.05, 0) is 39.3 Å². The lowest BCUT2D eigenvalue weighted by atomic mass is 10.1. The Balaban J connectivity index is 3.03. The number of rotatable bonds is 4. The Labute approximate surface area is 113 Å². The first-order valence-corrected chi connectivity index (χ1v) is 6.29. The molecule has 1 aromatic heterocycles. The molecular formula is C14H20N2O3. The SMILES string of the molecule is CCCC(=O)c1ccc(N(C(=O)O)C(C)(C)C)nc1. The molecule has 0 aliphatic carbocycles. The van der Waals surface area contributed by atoms with E-state index in [-0.39, 0.29) is 5.78 Å². The van der Waals surface area contributed by atoms with Gasteiger partial charge in [0.15, 0.2) is 5.78 Å². The molecule has 1 amide bonds. The van der Waals surface area contributed by atoms with Gasteiger partial charge in [0.2, 0.25) is 0 Å². The molecule has 0 spiro atoms. The number of amides is 1. The molecule has 0 fully saturated rings. The van der Waals surface area contributed by atoms with Crippen LogP contribution in [0.3, 0.4) is 0 Å². The van der Waals surface area contributed by atoms with E-state index >= 15 is 0 Å². The molecule has 0 aromatic carbocycles. The van der Waals surface area contributed by atoms with Gasteiger partial charge < -0.3 is 5.11 Å². The molecule has 104 valence electrons. The first kappa shape index (κ1) is 15.1. The van der Waals surface area contributed by atoms with Crippen LogP contribution in [0.5, 0.6) is 0 Å². The van der Waals surface area contributed by atoms with Gasteiger partial charge in [-0.25, -0.2) is 9.78 Å². The number of anilines is 1. The monoisotopic (exact) mass is 264 g/mol. The van der Waals surface area contributed by atoms with Crippen LogP contribution in [0.15, 0.2) is 18.3 Å². The van der Waals surface area contributed by atoms with E-state index in [2.05, 4.69) is 4.98 Å². The average Bonchev–Trinajstić information content (AvgIpc) is 2.27. The number of carbonyl (C=O) groups excluding carboxylic acids is 1. The Bertz CT molecular complexity index is 461. The molecule has 5 heteroatoms. The predicted octanol–water partition coefficient (Wildman–Crippen LogP) is 3.35. The summed E-state index contributed by atoms with van der Waals surface area (Å²) < 4.78 is 0. The van der Waals surface area contributed by atoms with Gasteiger partial charge in [-0.2, -0.15) is 0 Å². The summed E-state index contributed by atoms with van der Waals surface area (Å²) in [6, 6.07) is 3.20. The molecule has 1 rings (SSSR count). The molecule has 0 aliphatic rings. The molecule has 0 unspecified atom stereocenters. The minimum atomic E-state index is -1.06. The minimum absolute atomic E-state index is 0.0270. The van der Waals surface area contributed by atoms with Crippen LogP contribution in [0.1, 0.15) is 50.9 Å². The standard InChI is InChI=1S/C14H20N2O3/c1-5-6-11(17)10-7-8-12(15-9-10)16(13(18)19)14(2,3)4/h7-9H,5-6H2,1-4H3,(H,18,19). The second kappa shape index (κ2) is 5.82. The number of Topliss-reactive ketones (excluding diaryl/α,β-unsaturated/α-hetero) is 1. The summed E-state index contributed by atoms with van der Waals surface area (Å²) in [5.74, 6) is 0.354. The molecule has 0 saturated heterocycles. The third-order valence-electron chi connectivity index (χ3n) is 2.64. The van der Waals surface area contributed by atoms with Crippen molar-refractivity contribution in [3.8, 4) is 0 Å². The maximum atomic E-state index is 11.7. The zero-order valence-electron chi connectivity index (χ0n) is 11.8. The highest BCUT2D eigenvalue weighted by Gasteiger charge is 2.28. The summed E-state index contributed by atoms with van der Waals surface area (Å²) in [5, 5.41) is 9.24. The van der Waals surface area contributed by atoms with Crippen LogP contribution >= 0.6 is 0 Å². The summed E-state index contributed by atoms with van der Waals surface area (Å²) in [6.07, 6.45) is 1.63. The summed E-state index contributed by atoms with van der Waals surface area (Å²) in [6.45, 7) is 7.31. The Kier molecular flexibility index (Phi) is 4.64. The van der Waals surface area contributed by atoms with E-state index in [9.17, 15) is 14.7 Å². The number of nitrogens with zero attached hydrogens (tertiary/aromatic N) is 2. The number of carbonyl (C=O) groups is 2. The molecule has 19 heavy (non-hydrogen) atoms. The van der Waals surface area contributed by atoms with Crippen LogP contribution in [0, 0.1) is 0 Å². The first-order valence-electron chi connectivity index (χ1n) is 6.29. The van der Waals surface area contributed by atoms with E-state index in [1.54, 1.807) is 32.9 Å². The van der Waals surface area contributed by atoms with E-state index in [0.29, 0.717) is 17.8 Å².